The zero-order valence-corrected chi connectivity index (χ0v) is 17.2. The number of amides is 1. The first-order valence-corrected chi connectivity index (χ1v) is 9.84. The van der Waals surface area contributed by atoms with E-state index in [1.165, 1.54) is 0 Å². The number of hydrogen-bond donors (Lipinski definition) is 0. The van der Waals surface area contributed by atoms with Gasteiger partial charge in [-0.15, -0.1) is 0 Å². The predicted molar refractivity (Wildman–Crippen MR) is 104 cm³/mol. The maximum Gasteiger partial charge on any atom is 0.410 e. The van der Waals surface area contributed by atoms with E-state index in [4.69, 9.17) is 9.47 Å². The van der Waals surface area contributed by atoms with E-state index in [0.29, 0.717) is 6.04 Å². The summed E-state index contributed by atoms with van der Waals surface area (Å²) in [6.45, 7) is 9.73. The lowest BCUT2D eigenvalue weighted by Gasteiger charge is -2.31. The molecular weight excluding hydrogens is 344 g/mol. The van der Waals surface area contributed by atoms with Crippen molar-refractivity contribution in [1.82, 2.24) is 19.8 Å². The van der Waals surface area contributed by atoms with E-state index in [1.54, 1.807) is 13.4 Å². The zero-order valence-electron chi connectivity index (χ0n) is 17.2. The molecule has 1 amide bonds. The van der Waals surface area contributed by atoms with Crippen LogP contribution < -0.4 is 0 Å². The SMILES string of the molecule is COCCCN(Cc1cncnc1)C1CCCN(C(=O)OC(C)(C)C)CC1. The van der Waals surface area contributed by atoms with Crippen LogP contribution in [0.15, 0.2) is 18.7 Å². The second kappa shape index (κ2) is 10.6. The third kappa shape index (κ3) is 7.81. The summed E-state index contributed by atoms with van der Waals surface area (Å²) in [4.78, 5) is 25.0. The van der Waals surface area contributed by atoms with E-state index < -0.39 is 5.60 Å². The fourth-order valence-electron chi connectivity index (χ4n) is 3.40. The lowest BCUT2D eigenvalue weighted by molar-refractivity contribution is 0.0252. The minimum absolute atomic E-state index is 0.203. The first-order valence-electron chi connectivity index (χ1n) is 9.84. The molecule has 1 aromatic rings. The lowest BCUT2D eigenvalue weighted by atomic mass is 10.1. The number of carbonyl (C=O) groups excluding carboxylic acids is 1. The Labute approximate surface area is 163 Å². The summed E-state index contributed by atoms with van der Waals surface area (Å²) in [7, 11) is 1.74. The van der Waals surface area contributed by atoms with Gasteiger partial charge < -0.3 is 14.4 Å². The molecule has 27 heavy (non-hydrogen) atoms. The maximum atomic E-state index is 12.4. The van der Waals surface area contributed by atoms with Gasteiger partial charge in [0.1, 0.15) is 11.9 Å². The highest BCUT2D eigenvalue weighted by molar-refractivity contribution is 5.68. The molecular formula is C20H34N4O3. The van der Waals surface area contributed by atoms with E-state index in [2.05, 4.69) is 14.9 Å². The van der Waals surface area contributed by atoms with Gasteiger partial charge in [-0.1, -0.05) is 0 Å². The van der Waals surface area contributed by atoms with Crippen LogP contribution in [-0.4, -0.2) is 70.9 Å². The molecule has 1 fully saturated rings. The number of nitrogens with zero attached hydrogens (tertiary/aromatic N) is 4. The lowest BCUT2D eigenvalue weighted by Crippen LogP contribution is -2.39. The molecule has 7 heteroatoms. The normalized spacial score (nSPS) is 18.4. The fourth-order valence-corrected chi connectivity index (χ4v) is 3.40. The molecule has 0 N–H and O–H groups in total. The van der Waals surface area contributed by atoms with Crippen molar-refractivity contribution in [2.24, 2.45) is 0 Å². The van der Waals surface area contributed by atoms with Gasteiger partial charge in [-0.2, -0.15) is 0 Å². The van der Waals surface area contributed by atoms with Gasteiger partial charge in [0.15, 0.2) is 0 Å². The second-order valence-corrected chi connectivity index (χ2v) is 8.12. The molecule has 0 saturated carbocycles. The van der Waals surface area contributed by atoms with Crippen LogP contribution in [0.1, 0.15) is 52.0 Å². The van der Waals surface area contributed by atoms with E-state index in [-0.39, 0.29) is 6.09 Å². The molecule has 152 valence electrons. The van der Waals surface area contributed by atoms with Crippen LogP contribution in [-0.2, 0) is 16.0 Å². The van der Waals surface area contributed by atoms with E-state index in [9.17, 15) is 4.79 Å². The average Bonchev–Trinajstić information content (AvgIpc) is 2.87. The number of hydrogen-bond acceptors (Lipinski definition) is 6. The molecule has 1 aliphatic rings. The van der Waals surface area contributed by atoms with Gasteiger partial charge in [-0.25, -0.2) is 14.8 Å². The highest BCUT2D eigenvalue weighted by atomic mass is 16.6. The van der Waals surface area contributed by atoms with Gasteiger partial charge in [0.05, 0.1) is 0 Å². The number of ether oxygens (including phenoxy) is 2. The Bertz CT molecular complexity index is 562. The molecule has 7 nitrogen and oxygen atoms in total. The van der Waals surface area contributed by atoms with Crippen molar-refractivity contribution in [2.75, 3.05) is 33.4 Å². The van der Waals surface area contributed by atoms with Crippen molar-refractivity contribution in [3.63, 3.8) is 0 Å². The molecule has 1 aliphatic heterocycles. The van der Waals surface area contributed by atoms with Crippen LogP contribution in [0.3, 0.4) is 0 Å². The van der Waals surface area contributed by atoms with Crippen molar-refractivity contribution in [3.8, 4) is 0 Å². The van der Waals surface area contributed by atoms with Crippen molar-refractivity contribution >= 4 is 6.09 Å². The van der Waals surface area contributed by atoms with Crippen molar-refractivity contribution in [2.45, 2.75) is 64.6 Å². The van der Waals surface area contributed by atoms with Crippen molar-refractivity contribution in [1.29, 1.82) is 0 Å². The monoisotopic (exact) mass is 378 g/mol. The van der Waals surface area contributed by atoms with E-state index >= 15 is 0 Å². The Hall–Kier alpha value is -1.73. The largest absolute Gasteiger partial charge is 0.444 e. The first-order chi connectivity index (χ1) is 12.9. The quantitative estimate of drug-likeness (QED) is 0.679. The molecule has 0 aromatic carbocycles. The second-order valence-electron chi connectivity index (χ2n) is 8.12. The molecule has 0 radical (unpaired) electrons. The highest BCUT2D eigenvalue weighted by Gasteiger charge is 2.27. The third-order valence-corrected chi connectivity index (χ3v) is 4.66. The fraction of sp³-hybridized carbons (Fsp3) is 0.750. The van der Waals surface area contributed by atoms with Crippen LogP contribution in [0.4, 0.5) is 4.79 Å². The maximum absolute atomic E-state index is 12.4. The van der Waals surface area contributed by atoms with Crippen LogP contribution in [0.25, 0.3) is 0 Å². The smallest absolute Gasteiger partial charge is 0.410 e. The van der Waals surface area contributed by atoms with Crippen LogP contribution in [0.5, 0.6) is 0 Å². The Balaban J connectivity index is 1.97. The number of carbonyl (C=O) groups is 1. The molecule has 0 aliphatic carbocycles. The number of likely N-dealkylation sites (tertiary alicyclic amines) is 1. The van der Waals surface area contributed by atoms with Gasteiger partial charge in [0.25, 0.3) is 0 Å². The van der Waals surface area contributed by atoms with Gasteiger partial charge in [-0.05, 0) is 46.5 Å². The minimum atomic E-state index is -0.456. The summed E-state index contributed by atoms with van der Waals surface area (Å²) in [6.07, 6.45) is 9.08. The predicted octanol–water partition coefficient (Wildman–Crippen LogP) is 3.10. The van der Waals surface area contributed by atoms with Crippen LogP contribution >= 0.6 is 0 Å². The number of methoxy groups -OCH3 is 1. The third-order valence-electron chi connectivity index (χ3n) is 4.66. The topological polar surface area (TPSA) is 67.8 Å². The molecule has 1 aromatic heterocycles. The minimum Gasteiger partial charge on any atom is -0.444 e. The van der Waals surface area contributed by atoms with E-state index in [1.807, 2.05) is 38.1 Å². The standard InChI is InChI=1S/C20H34N4O3/c1-20(2,3)27-19(25)23-9-5-7-18(8-11-23)24(10-6-12-26-4)15-17-13-21-16-22-14-17/h13-14,16,18H,5-12,15H2,1-4H3. The summed E-state index contributed by atoms with van der Waals surface area (Å²) < 4.78 is 10.8. The van der Waals surface area contributed by atoms with Gasteiger partial charge in [-0.3, -0.25) is 4.90 Å². The molecule has 2 rings (SSSR count). The molecule has 1 saturated heterocycles. The molecule has 0 spiro atoms. The van der Waals surface area contributed by atoms with Crippen molar-refractivity contribution < 1.29 is 14.3 Å². The summed E-state index contributed by atoms with van der Waals surface area (Å²) >= 11 is 0. The van der Waals surface area contributed by atoms with Crippen LogP contribution in [0.2, 0.25) is 0 Å². The Morgan fingerprint density at radius 1 is 1.26 bits per heavy atom. The number of rotatable bonds is 7. The molecule has 2 heterocycles. The van der Waals surface area contributed by atoms with E-state index in [0.717, 1.165) is 64.0 Å². The summed E-state index contributed by atoms with van der Waals surface area (Å²) in [5.74, 6) is 0. The molecule has 1 atom stereocenters. The summed E-state index contributed by atoms with van der Waals surface area (Å²) in [5.41, 5.74) is 0.658. The Kier molecular flexibility index (Phi) is 8.44. The molecule has 1 unspecified atom stereocenters. The van der Waals surface area contributed by atoms with Gasteiger partial charge >= 0.3 is 6.09 Å². The average molecular weight is 379 g/mol. The Morgan fingerprint density at radius 2 is 2.00 bits per heavy atom. The highest BCUT2D eigenvalue weighted by Crippen LogP contribution is 2.21. The summed E-state index contributed by atoms with van der Waals surface area (Å²) in [5, 5.41) is 0. The van der Waals surface area contributed by atoms with Crippen LogP contribution in [0, 0.1) is 0 Å². The van der Waals surface area contributed by atoms with Crippen molar-refractivity contribution in [3.05, 3.63) is 24.3 Å². The Morgan fingerprint density at radius 3 is 2.67 bits per heavy atom. The zero-order chi connectivity index (χ0) is 19.7. The van der Waals surface area contributed by atoms with Gasteiger partial charge in [0.2, 0.25) is 0 Å². The summed E-state index contributed by atoms with van der Waals surface area (Å²) in [6, 6.07) is 0.425. The first kappa shape index (κ1) is 21.6. The number of aromatic nitrogens is 2. The molecule has 0 bridgehead atoms. The van der Waals surface area contributed by atoms with Gasteiger partial charge in [0, 0.05) is 63.9 Å².